The third kappa shape index (κ3) is 6.19. The molecule has 78 heavy (non-hydrogen) atoms. The van der Waals surface area contributed by atoms with Gasteiger partial charge in [-0.2, -0.15) is 0 Å². The van der Waals surface area contributed by atoms with E-state index in [-0.39, 0.29) is 55.3 Å². The Kier molecular flexibility index (Phi) is 9.46. The summed E-state index contributed by atoms with van der Waals surface area (Å²) in [6, 6.07) is 46.3. The summed E-state index contributed by atoms with van der Waals surface area (Å²) in [5.74, 6) is 1.41. The Morgan fingerprint density at radius 2 is 0.513 bits per heavy atom. The Morgan fingerprint density at radius 3 is 0.756 bits per heavy atom. The highest BCUT2D eigenvalue weighted by atomic mass is 16.5. The van der Waals surface area contributed by atoms with Gasteiger partial charge in [-0.25, -0.2) is 9.13 Å². The third-order valence-electron chi connectivity index (χ3n) is 15.1. The Bertz CT molecular complexity index is 4840. The van der Waals surface area contributed by atoms with Crippen LogP contribution in [0.25, 0.3) is 142 Å². The maximum Gasteiger partial charge on any atom is 0.266 e. The molecule has 0 bridgehead atoms. The second-order valence-corrected chi connectivity index (χ2v) is 19.1. The number of pyridine rings is 2. The van der Waals surface area contributed by atoms with Gasteiger partial charge in [0.15, 0.2) is 0 Å². The van der Waals surface area contributed by atoms with E-state index in [1.54, 1.807) is 60.7 Å². The van der Waals surface area contributed by atoms with Crippen molar-refractivity contribution >= 4 is 131 Å². The molecule has 0 aliphatic rings. The maximum absolute atomic E-state index is 15.7. The molecule has 0 spiro atoms. The van der Waals surface area contributed by atoms with Crippen LogP contribution in [-0.2, 0) is 0 Å². The van der Waals surface area contributed by atoms with Crippen molar-refractivity contribution in [3.05, 3.63) is 199 Å². The van der Waals surface area contributed by atoms with E-state index in [0.717, 1.165) is 9.13 Å². The zero-order valence-corrected chi connectivity index (χ0v) is 41.8. The van der Waals surface area contributed by atoms with Gasteiger partial charge in [-0.15, -0.1) is 0 Å². The van der Waals surface area contributed by atoms with Gasteiger partial charge in [0, 0.05) is 101 Å². The lowest BCUT2D eigenvalue weighted by atomic mass is 9.85. The standard InChI is InChI=1S/C64H38N2O12/c1-71-33-21-31(22-34(25-33)72-2)65-61(67)41-27-49-55-57-51(77-47-19-11-7-15-39(47)37-13-5-9-17-45(37)75-49)29-43-54-44(64(70)66(63(43)69)32-23-35(73-3)26-36(24-32)74-4)30-52-58(60(54)57)56-50(28-42(62(65)68)53(41)59(55)56)76-46-18-10-6-14-38(46)40-16-8-12-20-48(40)78-52/h5-30H,1-4H3. The molecule has 0 N–H and O–H groups in total. The molecule has 14 nitrogen and oxygen atoms in total. The number of ether oxygens (including phenoxy) is 4. The lowest BCUT2D eigenvalue weighted by Crippen LogP contribution is -2.32. The van der Waals surface area contributed by atoms with Gasteiger partial charge in [0.25, 0.3) is 22.2 Å². The fourth-order valence-corrected chi connectivity index (χ4v) is 11.7. The van der Waals surface area contributed by atoms with Crippen molar-refractivity contribution in [2.24, 2.45) is 0 Å². The van der Waals surface area contributed by atoms with Crippen molar-refractivity contribution in [1.29, 1.82) is 0 Å². The lowest BCUT2D eigenvalue weighted by molar-refractivity contribution is 0.393. The number of methoxy groups -OCH3 is 4. The van der Waals surface area contributed by atoms with Gasteiger partial charge in [-0.1, -0.05) is 72.8 Å². The van der Waals surface area contributed by atoms with Crippen LogP contribution in [0.3, 0.4) is 0 Å². The van der Waals surface area contributed by atoms with Crippen LogP contribution in [0, 0.1) is 0 Å². The number of rotatable bonds is 6. The van der Waals surface area contributed by atoms with E-state index in [0.29, 0.717) is 110 Å². The Balaban J connectivity index is 1.32. The van der Waals surface area contributed by atoms with Crippen LogP contribution >= 0.6 is 0 Å². The molecule has 15 aromatic rings. The van der Waals surface area contributed by atoms with Crippen molar-refractivity contribution < 1.29 is 36.6 Å². The summed E-state index contributed by atoms with van der Waals surface area (Å²) < 4.78 is 53.8. The summed E-state index contributed by atoms with van der Waals surface area (Å²) in [6.07, 6.45) is 0. The first-order valence-electron chi connectivity index (χ1n) is 24.8. The summed E-state index contributed by atoms with van der Waals surface area (Å²) in [4.78, 5) is 62.7. The molecule has 15 rings (SSSR count). The molecule has 376 valence electrons. The van der Waals surface area contributed by atoms with Crippen LogP contribution in [0.4, 0.5) is 0 Å². The van der Waals surface area contributed by atoms with E-state index in [4.69, 9.17) is 36.6 Å². The van der Waals surface area contributed by atoms with Gasteiger partial charge in [-0.05, 0) is 48.5 Å². The number of nitrogens with zero attached hydrogens (tertiary/aromatic N) is 2. The van der Waals surface area contributed by atoms with Gasteiger partial charge in [0.2, 0.25) is 0 Å². The molecular weight excluding hydrogens is 989 g/mol. The molecule has 0 saturated heterocycles. The summed E-state index contributed by atoms with van der Waals surface area (Å²) >= 11 is 0. The third-order valence-corrected chi connectivity index (χ3v) is 15.1. The number of fused-ring (bicyclic) bond motifs is 6. The van der Waals surface area contributed by atoms with Crippen molar-refractivity contribution in [3.63, 3.8) is 0 Å². The molecule has 11 aromatic carbocycles. The van der Waals surface area contributed by atoms with Gasteiger partial charge < -0.3 is 36.6 Å². The quantitative estimate of drug-likeness (QED) is 0.114. The zero-order chi connectivity index (χ0) is 52.8. The molecule has 0 aliphatic carbocycles. The highest BCUT2D eigenvalue weighted by Crippen LogP contribution is 2.51. The van der Waals surface area contributed by atoms with E-state index in [1.807, 2.05) is 97.1 Å². The first-order valence-corrected chi connectivity index (χ1v) is 24.8. The largest absolute Gasteiger partial charge is 0.497 e. The van der Waals surface area contributed by atoms with Crippen LogP contribution in [0.2, 0.25) is 0 Å². The van der Waals surface area contributed by atoms with Crippen LogP contribution < -0.4 is 41.2 Å². The molecule has 0 aliphatic heterocycles. The topological polar surface area (TPSA) is 168 Å². The van der Waals surface area contributed by atoms with Gasteiger partial charge >= 0.3 is 0 Å². The van der Waals surface area contributed by atoms with E-state index in [9.17, 15) is 0 Å². The fraction of sp³-hybridized carbons (Fsp3) is 0.0625. The Labute approximate surface area is 436 Å². The first kappa shape index (κ1) is 44.8. The summed E-state index contributed by atoms with van der Waals surface area (Å²) in [6.45, 7) is 0. The van der Waals surface area contributed by atoms with Crippen molar-refractivity contribution in [2.45, 2.75) is 0 Å². The van der Waals surface area contributed by atoms with E-state index < -0.39 is 22.2 Å². The number of hydrogen-bond donors (Lipinski definition) is 0. The predicted octanol–water partition coefficient (Wildman–Crippen LogP) is 13.5. The van der Waals surface area contributed by atoms with Crippen molar-refractivity contribution in [2.75, 3.05) is 28.4 Å². The van der Waals surface area contributed by atoms with Crippen LogP contribution in [0.5, 0.6) is 23.0 Å². The molecule has 14 heteroatoms. The van der Waals surface area contributed by atoms with Crippen molar-refractivity contribution in [1.82, 2.24) is 9.13 Å². The number of benzene rings is 11. The Morgan fingerprint density at radius 1 is 0.269 bits per heavy atom. The Hall–Kier alpha value is -10.6. The fourth-order valence-electron chi connectivity index (χ4n) is 11.7. The molecule has 0 fully saturated rings. The highest BCUT2D eigenvalue weighted by Gasteiger charge is 2.31. The lowest BCUT2D eigenvalue weighted by Gasteiger charge is -2.21. The predicted molar refractivity (Wildman–Crippen MR) is 304 cm³/mol. The first-order chi connectivity index (χ1) is 38.1. The normalized spacial score (nSPS) is 12.1. The van der Waals surface area contributed by atoms with Crippen LogP contribution in [-0.4, -0.2) is 37.6 Å². The number of hydrogen-bond acceptors (Lipinski definition) is 12. The average molecular weight is 1030 g/mol. The molecule has 0 saturated carbocycles. The van der Waals surface area contributed by atoms with E-state index in [2.05, 4.69) is 0 Å². The SMILES string of the molecule is COc1cc(OC)cc(-n2c(=O)c3cc4oc5ccccc5c5ccccc5oc5cc6c(=O)n(-c7cc(OC)cc(OC)c7)c(=O)c7cc8oc9ccccc9c9ccccc9oc9cc(c2=O)c3c2c4c5c(c67)c8c92)c1. The van der Waals surface area contributed by atoms with Crippen molar-refractivity contribution in [3.8, 4) is 34.4 Å². The molecule has 4 heterocycles. The van der Waals surface area contributed by atoms with Crippen LogP contribution in [0.1, 0.15) is 0 Å². The molecule has 0 unspecified atom stereocenters. The summed E-state index contributed by atoms with van der Waals surface area (Å²) in [7, 11) is 5.95. The van der Waals surface area contributed by atoms with Gasteiger partial charge in [-0.3, -0.25) is 19.2 Å². The molecule has 4 aromatic heterocycles. The maximum atomic E-state index is 15.7. The highest BCUT2D eigenvalue weighted by molar-refractivity contribution is 6.47. The monoisotopic (exact) mass is 1030 g/mol. The minimum atomic E-state index is -0.653. The van der Waals surface area contributed by atoms with E-state index in [1.165, 1.54) is 28.4 Å². The minimum absolute atomic E-state index is 0.134. The second-order valence-electron chi connectivity index (χ2n) is 19.1. The zero-order valence-electron chi connectivity index (χ0n) is 41.8. The number of para-hydroxylation sites is 4. The van der Waals surface area contributed by atoms with Gasteiger partial charge in [0.1, 0.15) is 67.7 Å². The molecule has 0 atom stereocenters. The average Bonchev–Trinajstić information content (AvgIpc) is 1.29. The molecule has 0 amide bonds. The molecule has 0 radical (unpaired) electrons. The minimum Gasteiger partial charge on any atom is -0.497 e. The summed E-state index contributed by atoms with van der Waals surface area (Å²) in [5, 5.41) is 6.23. The molecular formula is C64H38N2O12. The van der Waals surface area contributed by atoms with Crippen LogP contribution in [0.15, 0.2) is 195 Å². The second kappa shape index (κ2) is 16.4. The van der Waals surface area contributed by atoms with Gasteiger partial charge in [0.05, 0.1) is 61.4 Å². The number of aromatic nitrogens is 2. The van der Waals surface area contributed by atoms with E-state index >= 15 is 19.2 Å². The smallest absolute Gasteiger partial charge is 0.266 e. The summed E-state index contributed by atoms with van der Waals surface area (Å²) in [5.41, 5.74) is 0.301.